The molecule has 0 saturated carbocycles. The number of hydrogen-bond acceptors (Lipinski definition) is 9. The van der Waals surface area contributed by atoms with Crippen LogP contribution in [0.25, 0.3) is 11.2 Å². The molecule has 0 radical (unpaired) electrons. The number of aromatic nitrogens is 4. The van der Waals surface area contributed by atoms with E-state index in [1.807, 2.05) is 14.1 Å². The summed E-state index contributed by atoms with van der Waals surface area (Å²) in [7, 11) is 4.88. The molecule has 2 heterocycles. The van der Waals surface area contributed by atoms with Gasteiger partial charge in [-0.05, 0) is 0 Å². The van der Waals surface area contributed by atoms with E-state index in [0.717, 1.165) is 0 Å². The van der Waals surface area contributed by atoms with E-state index in [0.29, 0.717) is 17.1 Å². The lowest BCUT2D eigenvalue weighted by Crippen LogP contribution is -2.26. The lowest BCUT2D eigenvalue weighted by Gasteiger charge is -2.16. The zero-order chi connectivity index (χ0) is 16.8. The highest BCUT2D eigenvalue weighted by Crippen LogP contribution is 2.13. The molecule has 0 aliphatic rings. The number of fused-ring (bicyclic) bond motifs is 1. The molecule has 0 fully saturated rings. The number of nitrogens with zero attached hydrogens (tertiary/aromatic N) is 5. The van der Waals surface area contributed by atoms with Gasteiger partial charge in [-0.3, -0.25) is 4.57 Å². The van der Waals surface area contributed by atoms with Gasteiger partial charge in [0.25, 0.3) is 0 Å². The predicted octanol–water partition coefficient (Wildman–Crippen LogP) is 0.0103. The smallest absolute Gasteiger partial charge is 0.438 e. The van der Waals surface area contributed by atoms with E-state index < -0.39 is 12.3 Å². The van der Waals surface area contributed by atoms with E-state index in [9.17, 15) is 9.90 Å². The maximum absolute atomic E-state index is 10.9. The van der Waals surface area contributed by atoms with E-state index in [1.54, 1.807) is 22.0 Å². The molecule has 0 aliphatic heterocycles. The van der Waals surface area contributed by atoms with Crippen LogP contribution in [0.15, 0.2) is 12.5 Å². The summed E-state index contributed by atoms with van der Waals surface area (Å²) in [6.45, 7) is -0.328. The molecule has 0 saturated heterocycles. The summed E-state index contributed by atoms with van der Waals surface area (Å²) in [4.78, 5) is 25.5. The highest BCUT2D eigenvalue weighted by Gasteiger charge is 2.14. The van der Waals surface area contributed by atoms with Crippen LogP contribution in [0.3, 0.4) is 0 Å². The highest BCUT2D eigenvalue weighted by atomic mass is 16.7. The average Bonchev–Trinajstić information content (AvgIpc) is 2.96. The fourth-order valence-corrected chi connectivity index (χ4v) is 1.72. The summed E-state index contributed by atoms with van der Waals surface area (Å²) in [6.07, 6.45) is 1.68. The van der Waals surface area contributed by atoms with E-state index in [1.165, 1.54) is 7.11 Å². The van der Waals surface area contributed by atoms with Crippen LogP contribution in [0.2, 0.25) is 0 Å². The molecule has 126 valence electrons. The molecule has 1 atom stereocenters. The van der Waals surface area contributed by atoms with Gasteiger partial charge in [0.05, 0.1) is 26.2 Å². The van der Waals surface area contributed by atoms with Crippen molar-refractivity contribution in [2.75, 3.05) is 39.3 Å². The van der Waals surface area contributed by atoms with Crippen LogP contribution in [0.1, 0.15) is 0 Å². The normalized spacial score (nSPS) is 12.2. The Bertz CT molecular complexity index is 659. The zero-order valence-corrected chi connectivity index (χ0v) is 13.2. The second-order valence-corrected chi connectivity index (χ2v) is 4.85. The fourth-order valence-electron chi connectivity index (χ4n) is 1.72. The number of hydrogen-bond donors (Lipinski definition) is 1. The summed E-state index contributed by atoms with van der Waals surface area (Å²) < 4.78 is 16.3. The van der Waals surface area contributed by atoms with E-state index in [-0.39, 0.29) is 19.9 Å². The molecular weight excluding hydrogens is 306 g/mol. The van der Waals surface area contributed by atoms with Gasteiger partial charge in [0.2, 0.25) is 5.95 Å². The maximum Gasteiger partial charge on any atom is 0.508 e. The van der Waals surface area contributed by atoms with Gasteiger partial charge < -0.3 is 24.2 Å². The standard InChI is InChI=1S/C13H19N5O5/c1-17(2)12-14-4-10-11(16-12)18(7-15-10)8-23-9(5-19)6-22-13(20)21-3/h4,7,9,19H,5-6,8H2,1-3H3. The van der Waals surface area contributed by atoms with Crippen LogP contribution < -0.4 is 4.90 Å². The van der Waals surface area contributed by atoms with Crippen molar-refractivity contribution in [3.63, 3.8) is 0 Å². The topological polar surface area (TPSA) is 112 Å². The van der Waals surface area contributed by atoms with Crippen LogP contribution in [-0.4, -0.2) is 71.3 Å². The largest absolute Gasteiger partial charge is 0.508 e. The van der Waals surface area contributed by atoms with E-state index in [4.69, 9.17) is 9.47 Å². The second-order valence-electron chi connectivity index (χ2n) is 4.85. The molecule has 2 aromatic heterocycles. The number of aliphatic hydroxyl groups excluding tert-OH is 1. The van der Waals surface area contributed by atoms with Gasteiger partial charge in [0.1, 0.15) is 25.0 Å². The number of carbonyl (C=O) groups is 1. The fraction of sp³-hybridized carbons (Fsp3) is 0.538. The molecule has 10 nitrogen and oxygen atoms in total. The molecular formula is C13H19N5O5. The van der Waals surface area contributed by atoms with Gasteiger partial charge in [0, 0.05) is 14.1 Å². The van der Waals surface area contributed by atoms with Crippen molar-refractivity contribution in [1.82, 2.24) is 19.5 Å². The number of imidazole rings is 1. The van der Waals surface area contributed by atoms with Crippen LogP contribution >= 0.6 is 0 Å². The molecule has 2 rings (SSSR count). The molecule has 23 heavy (non-hydrogen) atoms. The molecule has 0 amide bonds. The van der Waals surface area contributed by atoms with Gasteiger partial charge in [-0.1, -0.05) is 0 Å². The molecule has 1 unspecified atom stereocenters. The molecule has 0 aliphatic carbocycles. The first kappa shape index (κ1) is 16.9. The monoisotopic (exact) mass is 325 g/mol. The van der Waals surface area contributed by atoms with Crippen molar-refractivity contribution in [2.45, 2.75) is 12.8 Å². The quantitative estimate of drug-likeness (QED) is 0.703. The number of carbonyl (C=O) groups excluding carboxylic acids is 1. The number of methoxy groups -OCH3 is 1. The third kappa shape index (κ3) is 4.27. The van der Waals surface area contributed by atoms with Gasteiger partial charge in [0.15, 0.2) is 5.65 Å². The van der Waals surface area contributed by atoms with Gasteiger partial charge in [-0.2, -0.15) is 4.98 Å². The Morgan fingerprint density at radius 1 is 1.43 bits per heavy atom. The lowest BCUT2D eigenvalue weighted by atomic mass is 10.4. The SMILES string of the molecule is COC(=O)OCC(CO)OCn1cnc2cnc(N(C)C)nc21. The summed E-state index contributed by atoms with van der Waals surface area (Å²) in [5.41, 5.74) is 1.24. The first-order chi connectivity index (χ1) is 11.0. The highest BCUT2D eigenvalue weighted by molar-refractivity contribution is 5.70. The van der Waals surface area contributed by atoms with Crippen molar-refractivity contribution in [3.05, 3.63) is 12.5 Å². The number of anilines is 1. The molecule has 0 bridgehead atoms. The minimum atomic E-state index is -0.830. The Labute approximate surface area is 132 Å². The number of ether oxygens (including phenoxy) is 3. The molecule has 1 N–H and O–H groups in total. The molecule has 0 spiro atoms. The minimum Gasteiger partial charge on any atom is -0.438 e. The van der Waals surface area contributed by atoms with Crippen LogP contribution in [-0.2, 0) is 20.9 Å². The summed E-state index contributed by atoms with van der Waals surface area (Å²) in [5.74, 6) is 0.548. The van der Waals surface area contributed by atoms with Crippen molar-refractivity contribution in [1.29, 1.82) is 0 Å². The molecule has 2 aromatic rings. The Kier molecular flexibility index (Phi) is 5.66. The zero-order valence-electron chi connectivity index (χ0n) is 13.2. The predicted molar refractivity (Wildman–Crippen MR) is 80.0 cm³/mol. The van der Waals surface area contributed by atoms with Crippen molar-refractivity contribution in [3.8, 4) is 0 Å². The number of rotatable bonds is 7. The van der Waals surface area contributed by atoms with Crippen LogP contribution in [0.4, 0.5) is 10.7 Å². The lowest BCUT2D eigenvalue weighted by molar-refractivity contribution is -0.0595. The number of aliphatic hydroxyl groups is 1. The minimum absolute atomic E-state index is 0.0934. The Hall–Kier alpha value is -2.46. The Morgan fingerprint density at radius 3 is 2.87 bits per heavy atom. The first-order valence-electron chi connectivity index (χ1n) is 6.83. The van der Waals surface area contributed by atoms with Gasteiger partial charge in [-0.25, -0.2) is 14.8 Å². The summed E-state index contributed by atoms with van der Waals surface area (Å²) in [5, 5.41) is 9.26. The van der Waals surface area contributed by atoms with Crippen molar-refractivity contribution < 1.29 is 24.1 Å². The van der Waals surface area contributed by atoms with E-state index >= 15 is 0 Å². The second kappa shape index (κ2) is 7.70. The average molecular weight is 325 g/mol. The van der Waals surface area contributed by atoms with Crippen LogP contribution in [0, 0.1) is 0 Å². The summed E-state index contributed by atoms with van der Waals surface area (Å²) >= 11 is 0. The van der Waals surface area contributed by atoms with Crippen molar-refractivity contribution in [2.24, 2.45) is 0 Å². The first-order valence-corrected chi connectivity index (χ1v) is 6.83. The van der Waals surface area contributed by atoms with Gasteiger partial charge >= 0.3 is 6.16 Å². The van der Waals surface area contributed by atoms with Gasteiger partial charge in [-0.15, -0.1) is 0 Å². The third-order valence-electron chi connectivity index (χ3n) is 2.95. The Morgan fingerprint density at radius 2 is 2.22 bits per heavy atom. The maximum atomic E-state index is 10.9. The Balaban J connectivity index is 2.03. The van der Waals surface area contributed by atoms with E-state index in [2.05, 4.69) is 19.7 Å². The van der Waals surface area contributed by atoms with Crippen LogP contribution in [0.5, 0.6) is 0 Å². The molecule has 0 aromatic carbocycles. The van der Waals surface area contributed by atoms with Crippen molar-refractivity contribution >= 4 is 23.3 Å². The third-order valence-corrected chi connectivity index (χ3v) is 2.95. The molecule has 10 heteroatoms. The summed E-state index contributed by atoms with van der Waals surface area (Å²) in [6, 6.07) is 0.